The van der Waals surface area contributed by atoms with E-state index in [4.69, 9.17) is 4.74 Å². The van der Waals surface area contributed by atoms with E-state index in [1.807, 2.05) is 0 Å². The van der Waals surface area contributed by atoms with Crippen molar-refractivity contribution >= 4 is 5.96 Å². The first-order chi connectivity index (χ1) is 13.7. The number of rotatable bonds is 6. The Morgan fingerprint density at radius 1 is 1.21 bits per heavy atom. The summed E-state index contributed by atoms with van der Waals surface area (Å²) in [5.74, 6) is 0.367. The molecule has 1 saturated carbocycles. The van der Waals surface area contributed by atoms with E-state index in [9.17, 15) is 9.50 Å². The number of aliphatic hydroxyl groups is 1. The van der Waals surface area contributed by atoms with Gasteiger partial charge in [0.05, 0.1) is 19.8 Å². The molecule has 0 atom stereocenters. The summed E-state index contributed by atoms with van der Waals surface area (Å²) in [4.78, 5) is 6.95. The Morgan fingerprint density at radius 3 is 2.64 bits per heavy atom. The van der Waals surface area contributed by atoms with Gasteiger partial charge in [0.15, 0.2) is 5.96 Å². The van der Waals surface area contributed by atoms with Gasteiger partial charge in [-0.1, -0.05) is 25.3 Å². The molecule has 1 aliphatic heterocycles. The molecule has 3 rings (SSSR count). The lowest BCUT2D eigenvalue weighted by atomic mass is 9.80. The SMILES string of the molecule is CN=C(NCc1ccc(F)c(CO)c1)NCC1(N2CCOCC2)CCCCC1. The minimum absolute atomic E-state index is 0.166. The summed E-state index contributed by atoms with van der Waals surface area (Å²) in [5.41, 5.74) is 1.39. The number of ether oxygens (including phenoxy) is 1. The molecule has 7 heteroatoms. The third-order valence-corrected chi connectivity index (χ3v) is 6.02. The molecule has 2 fully saturated rings. The van der Waals surface area contributed by atoms with Gasteiger partial charge in [0.1, 0.15) is 5.82 Å². The van der Waals surface area contributed by atoms with Crippen LogP contribution in [0.3, 0.4) is 0 Å². The van der Waals surface area contributed by atoms with Gasteiger partial charge in [0.25, 0.3) is 0 Å². The highest BCUT2D eigenvalue weighted by atomic mass is 19.1. The summed E-state index contributed by atoms with van der Waals surface area (Å²) in [6.45, 7) is 4.70. The maximum Gasteiger partial charge on any atom is 0.191 e. The van der Waals surface area contributed by atoms with E-state index in [2.05, 4.69) is 20.5 Å². The first-order valence-electron chi connectivity index (χ1n) is 10.3. The maximum absolute atomic E-state index is 13.6. The van der Waals surface area contributed by atoms with Crippen LogP contribution in [0.25, 0.3) is 0 Å². The molecular weight excluding hydrogens is 359 g/mol. The van der Waals surface area contributed by atoms with Gasteiger partial charge in [0, 0.05) is 44.3 Å². The van der Waals surface area contributed by atoms with Crippen molar-refractivity contribution in [3.05, 3.63) is 35.1 Å². The molecule has 1 aromatic rings. The van der Waals surface area contributed by atoms with Crippen LogP contribution in [-0.4, -0.2) is 61.4 Å². The van der Waals surface area contributed by atoms with Crippen molar-refractivity contribution in [2.45, 2.75) is 50.8 Å². The Hall–Kier alpha value is -1.70. The van der Waals surface area contributed by atoms with Crippen LogP contribution < -0.4 is 10.6 Å². The number of morpholine rings is 1. The van der Waals surface area contributed by atoms with Crippen LogP contribution in [0.15, 0.2) is 23.2 Å². The first-order valence-corrected chi connectivity index (χ1v) is 10.3. The van der Waals surface area contributed by atoms with Gasteiger partial charge in [-0.3, -0.25) is 9.89 Å². The number of benzene rings is 1. The number of halogens is 1. The lowest BCUT2D eigenvalue weighted by molar-refractivity contribution is -0.0352. The van der Waals surface area contributed by atoms with Gasteiger partial charge in [-0.05, 0) is 30.5 Å². The van der Waals surface area contributed by atoms with E-state index >= 15 is 0 Å². The predicted molar refractivity (Wildman–Crippen MR) is 109 cm³/mol. The fourth-order valence-electron chi connectivity index (χ4n) is 4.37. The molecule has 28 heavy (non-hydrogen) atoms. The summed E-state index contributed by atoms with van der Waals surface area (Å²) in [6.07, 6.45) is 6.26. The zero-order valence-corrected chi connectivity index (χ0v) is 16.8. The molecule has 0 aromatic heterocycles. The van der Waals surface area contributed by atoms with Crippen molar-refractivity contribution in [3.8, 4) is 0 Å². The summed E-state index contributed by atoms with van der Waals surface area (Å²) in [5, 5.41) is 16.1. The summed E-state index contributed by atoms with van der Waals surface area (Å²) >= 11 is 0. The summed E-state index contributed by atoms with van der Waals surface area (Å²) in [6, 6.07) is 4.81. The van der Waals surface area contributed by atoms with E-state index in [1.165, 1.54) is 38.2 Å². The number of nitrogens with zero attached hydrogens (tertiary/aromatic N) is 2. The molecule has 1 aromatic carbocycles. The van der Waals surface area contributed by atoms with Crippen molar-refractivity contribution < 1.29 is 14.2 Å². The number of hydrogen-bond donors (Lipinski definition) is 3. The van der Waals surface area contributed by atoms with Crippen LogP contribution in [0, 0.1) is 5.82 Å². The van der Waals surface area contributed by atoms with Crippen molar-refractivity contribution in [2.75, 3.05) is 39.9 Å². The molecule has 3 N–H and O–H groups in total. The second-order valence-electron chi connectivity index (χ2n) is 7.75. The first kappa shape index (κ1) is 21.0. The molecule has 1 saturated heterocycles. The zero-order valence-electron chi connectivity index (χ0n) is 16.8. The molecule has 1 aliphatic carbocycles. The average molecular weight is 393 g/mol. The van der Waals surface area contributed by atoms with E-state index < -0.39 is 0 Å². The van der Waals surface area contributed by atoms with E-state index in [-0.39, 0.29) is 18.0 Å². The van der Waals surface area contributed by atoms with Gasteiger partial charge >= 0.3 is 0 Å². The highest BCUT2D eigenvalue weighted by Gasteiger charge is 2.38. The normalized spacial score (nSPS) is 20.8. The largest absolute Gasteiger partial charge is 0.392 e. The van der Waals surface area contributed by atoms with Crippen LogP contribution in [0.2, 0.25) is 0 Å². The van der Waals surface area contributed by atoms with Crippen LogP contribution in [-0.2, 0) is 17.9 Å². The molecule has 0 spiro atoms. The average Bonchev–Trinajstić information content (AvgIpc) is 2.76. The fourth-order valence-corrected chi connectivity index (χ4v) is 4.37. The van der Waals surface area contributed by atoms with Gasteiger partial charge in [-0.25, -0.2) is 4.39 Å². The fraction of sp³-hybridized carbons (Fsp3) is 0.667. The third-order valence-electron chi connectivity index (χ3n) is 6.02. The number of nitrogens with one attached hydrogen (secondary N) is 2. The molecule has 0 radical (unpaired) electrons. The quantitative estimate of drug-likeness (QED) is 0.510. The minimum atomic E-state index is -0.376. The second kappa shape index (κ2) is 10.2. The molecule has 2 aliphatic rings. The Morgan fingerprint density at radius 2 is 1.96 bits per heavy atom. The van der Waals surface area contributed by atoms with Crippen molar-refractivity contribution in [3.63, 3.8) is 0 Å². The molecule has 156 valence electrons. The lowest BCUT2D eigenvalue weighted by Gasteiger charge is -2.48. The van der Waals surface area contributed by atoms with E-state index in [0.29, 0.717) is 12.1 Å². The van der Waals surface area contributed by atoms with Gasteiger partial charge < -0.3 is 20.5 Å². The topological polar surface area (TPSA) is 69.1 Å². The number of aliphatic hydroxyl groups excluding tert-OH is 1. The Kier molecular flexibility index (Phi) is 7.65. The standard InChI is InChI=1S/C21H33FN4O2/c1-23-20(24-14-17-5-6-19(22)18(13-17)15-27)25-16-21(7-3-2-4-8-21)26-9-11-28-12-10-26/h5-6,13,27H,2-4,7-12,14-16H2,1H3,(H2,23,24,25). The van der Waals surface area contributed by atoms with Crippen LogP contribution >= 0.6 is 0 Å². The van der Waals surface area contributed by atoms with E-state index in [0.717, 1.165) is 44.4 Å². The second-order valence-corrected chi connectivity index (χ2v) is 7.75. The number of guanidine groups is 1. The number of aliphatic imine (C=N–C) groups is 1. The Labute approximate surface area is 167 Å². The molecule has 0 unspecified atom stereocenters. The van der Waals surface area contributed by atoms with Gasteiger partial charge in [0.2, 0.25) is 0 Å². The Bertz CT molecular complexity index is 656. The van der Waals surface area contributed by atoms with Crippen molar-refractivity contribution in [2.24, 2.45) is 4.99 Å². The highest BCUT2D eigenvalue weighted by molar-refractivity contribution is 5.79. The monoisotopic (exact) mass is 392 g/mol. The van der Waals surface area contributed by atoms with Gasteiger partial charge in [-0.15, -0.1) is 0 Å². The summed E-state index contributed by atoms with van der Waals surface area (Å²) < 4.78 is 19.1. The maximum atomic E-state index is 13.6. The van der Waals surface area contributed by atoms with E-state index in [1.54, 1.807) is 19.2 Å². The number of hydrogen-bond acceptors (Lipinski definition) is 4. The predicted octanol–water partition coefficient (Wildman–Crippen LogP) is 2.02. The molecule has 0 amide bonds. The lowest BCUT2D eigenvalue weighted by Crippen LogP contribution is -2.60. The molecule has 0 bridgehead atoms. The van der Waals surface area contributed by atoms with Crippen LogP contribution in [0.1, 0.15) is 43.2 Å². The minimum Gasteiger partial charge on any atom is -0.392 e. The molecular formula is C21H33FN4O2. The zero-order chi connectivity index (χ0) is 19.8. The van der Waals surface area contributed by atoms with Crippen LogP contribution in [0.4, 0.5) is 4.39 Å². The third kappa shape index (κ3) is 5.21. The molecule has 6 nitrogen and oxygen atoms in total. The van der Waals surface area contributed by atoms with Gasteiger partial charge in [-0.2, -0.15) is 0 Å². The van der Waals surface area contributed by atoms with Crippen molar-refractivity contribution in [1.29, 1.82) is 0 Å². The summed E-state index contributed by atoms with van der Waals surface area (Å²) in [7, 11) is 1.77. The molecule has 1 heterocycles. The van der Waals surface area contributed by atoms with Crippen LogP contribution in [0.5, 0.6) is 0 Å². The van der Waals surface area contributed by atoms with Crippen molar-refractivity contribution in [1.82, 2.24) is 15.5 Å². The Balaban J connectivity index is 1.58. The smallest absolute Gasteiger partial charge is 0.191 e. The highest BCUT2D eigenvalue weighted by Crippen LogP contribution is 2.33.